The molecule has 0 amide bonds. The number of aromatic nitrogens is 1. The zero-order valence-corrected chi connectivity index (χ0v) is 11.2. The van der Waals surface area contributed by atoms with Gasteiger partial charge >= 0.3 is 11.9 Å². The molecule has 19 heavy (non-hydrogen) atoms. The number of aliphatic carboxylic acids is 1. The minimum absolute atomic E-state index is 0.0672. The van der Waals surface area contributed by atoms with Crippen molar-refractivity contribution in [2.24, 2.45) is 7.05 Å². The largest absolute Gasteiger partial charge is 0.480 e. The number of rotatable bonds is 6. The zero-order chi connectivity index (χ0) is 14.6. The number of sulfonamides is 1. The van der Waals surface area contributed by atoms with Gasteiger partial charge in [-0.1, -0.05) is 0 Å². The molecule has 0 fully saturated rings. The first-order chi connectivity index (χ1) is 8.77. The predicted octanol–water partition coefficient (Wildman–Crippen LogP) is -0.435. The average Bonchev–Trinajstić information content (AvgIpc) is 2.70. The van der Waals surface area contributed by atoms with E-state index in [2.05, 4.69) is 0 Å². The molecule has 1 heterocycles. The summed E-state index contributed by atoms with van der Waals surface area (Å²) >= 11 is 0. The van der Waals surface area contributed by atoms with Gasteiger partial charge in [0.15, 0.2) is 0 Å². The van der Waals surface area contributed by atoms with Crippen LogP contribution in [0.4, 0.5) is 0 Å². The van der Waals surface area contributed by atoms with Crippen molar-refractivity contribution in [1.82, 2.24) is 9.29 Å². The second kappa shape index (κ2) is 5.85. The van der Waals surface area contributed by atoms with Crippen LogP contribution in [0.3, 0.4) is 0 Å². The number of esters is 1. The molecule has 0 saturated heterocycles. The summed E-state index contributed by atoms with van der Waals surface area (Å²) in [5, 5.41) is 8.44. The van der Waals surface area contributed by atoms with Crippen LogP contribution in [0.2, 0.25) is 0 Å². The molecule has 0 aliphatic rings. The number of hydrogen-bond acceptors (Lipinski definition) is 5. The minimum Gasteiger partial charge on any atom is -0.480 e. The number of hydrogen-bond donors (Lipinski definition) is 2. The van der Waals surface area contributed by atoms with Gasteiger partial charge in [-0.15, -0.1) is 0 Å². The smallest absolute Gasteiger partial charge is 0.354 e. The summed E-state index contributed by atoms with van der Waals surface area (Å²) in [5.41, 5.74) is 0.0672. The van der Waals surface area contributed by atoms with E-state index >= 15 is 0 Å². The average molecular weight is 290 g/mol. The highest BCUT2D eigenvalue weighted by molar-refractivity contribution is 7.89. The summed E-state index contributed by atoms with van der Waals surface area (Å²) in [4.78, 5) is 21.7. The molecule has 0 radical (unpaired) electrons. The van der Waals surface area contributed by atoms with Gasteiger partial charge in [0.25, 0.3) is 0 Å². The lowest BCUT2D eigenvalue weighted by Gasteiger charge is -2.01. The molecule has 9 heteroatoms. The predicted molar refractivity (Wildman–Crippen MR) is 64.2 cm³/mol. The van der Waals surface area contributed by atoms with Crippen LogP contribution in [-0.2, 0) is 26.6 Å². The Kier molecular flexibility index (Phi) is 4.67. The highest BCUT2D eigenvalue weighted by Crippen LogP contribution is 2.14. The zero-order valence-electron chi connectivity index (χ0n) is 10.4. The Morgan fingerprint density at radius 1 is 1.47 bits per heavy atom. The van der Waals surface area contributed by atoms with Crippen LogP contribution >= 0.6 is 0 Å². The fourth-order valence-corrected chi connectivity index (χ4v) is 2.37. The van der Waals surface area contributed by atoms with E-state index < -0.39 is 28.5 Å². The van der Waals surface area contributed by atoms with Crippen molar-refractivity contribution in [2.75, 3.05) is 13.2 Å². The molecule has 2 N–H and O–H groups in total. The van der Waals surface area contributed by atoms with Gasteiger partial charge in [0, 0.05) is 13.2 Å². The lowest BCUT2D eigenvalue weighted by molar-refractivity contribution is -0.135. The Labute approximate surface area is 110 Å². The van der Waals surface area contributed by atoms with Crippen LogP contribution in [0.1, 0.15) is 17.4 Å². The molecule has 0 unspecified atom stereocenters. The molecule has 0 saturated carbocycles. The van der Waals surface area contributed by atoms with Gasteiger partial charge in [-0.05, 0) is 13.0 Å². The van der Waals surface area contributed by atoms with Crippen molar-refractivity contribution in [2.45, 2.75) is 11.8 Å². The SMILES string of the molecule is CCOC(=O)c1cc(S(=O)(=O)NCC(=O)O)cn1C. The van der Waals surface area contributed by atoms with Crippen LogP contribution in [-0.4, -0.2) is 43.2 Å². The van der Waals surface area contributed by atoms with Gasteiger partial charge in [-0.2, -0.15) is 4.72 Å². The van der Waals surface area contributed by atoms with E-state index in [4.69, 9.17) is 9.84 Å². The molecule has 0 aliphatic heterocycles. The minimum atomic E-state index is -3.96. The van der Waals surface area contributed by atoms with Crippen molar-refractivity contribution in [3.05, 3.63) is 18.0 Å². The summed E-state index contributed by atoms with van der Waals surface area (Å²) < 4.78 is 31.4. The van der Waals surface area contributed by atoms with Crippen molar-refractivity contribution in [3.8, 4) is 0 Å². The van der Waals surface area contributed by atoms with E-state index in [-0.39, 0.29) is 17.2 Å². The number of carboxylic acids is 1. The van der Waals surface area contributed by atoms with E-state index in [0.29, 0.717) is 0 Å². The number of nitrogens with one attached hydrogen (secondary N) is 1. The third-order valence-electron chi connectivity index (χ3n) is 2.19. The number of carbonyl (C=O) groups excluding carboxylic acids is 1. The van der Waals surface area contributed by atoms with Crippen molar-refractivity contribution < 1.29 is 27.9 Å². The lowest BCUT2D eigenvalue weighted by Crippen LogP contribution is -2.29. The molecule has 0 aromatic carbocycles. The van der Waals surface area contributed by atoms with E-state index in [1.807, 2.05) is 4.72 Å². The highest BCUT2D eigenvalue weighted by atomic mass is 32.2. The lowest BCUT2D eigenvalue weighted by atomic mass is 10.4. The quantitative estimate of drug-likeness (QED) is 0.687. The van der Waals surface area contributed by atoms with Crippen LogP contribution in [0.5, 0.6) is 0 Å². The third-order valence-corrected chi connectivity index (χ3v) is 3.56. The molecule has 106 valence electrons. The molecule has 0 aliphatic carbocycles. The summed E-state index contributed by atoms with van der Waals surface area (Å²) in [6.45, 7) is 1.07. The van der Waals surface area contributed by atoms with E-state index in [1.54, 1.807) is 6.92 Å². The van der Waals surface area contributed by atoms with Crippen molar-refractivity contribution in [1.29, 1.82) is 0 Å². The Hall–Kier alpha value is -1.87. The van der Waals surface area contributed by atoms with Crippen molar-refractivity contribution >= 4 is 22.0 Å². The van der Waals surface area contributed by atoms with Gasteiger partial charge in [0.2, 0.25) is 10.0 Å². The number of carbonyl (C=O) groups is 2. The standard InChI is InChI=1S/C10H14N2O6S/c1-3-18-10(15)8-4-7(6-12(8)2)19(16,17)11-5-9(13)14/h4,6,11H,3,5H2,1-2H3,(H,13,14). The number of nitrogens with zero attached hydrogens (tertiary/aromatic N) is 1. The first kappa shape index (κ1) is 15.2. The van der Waals surface area contributed by atoms with Crippen LogP contribution < -0.4 is 4.72 Å². The Balaban J connectivity index is 3.00. The van der Waals surface area contributed by atoms with E-state index in [0.717, 1.165) is 6.07 Å². The summed E-state index contributed by atoms with van der Waals surface area (Å²) in [7, 11) is -2.48. The molecule has 0 spiro atoms. The number of aryl methyl sites for hydroxylation is 1. The molecular weight excluding hydrogens is 276 g/mol. The second-order valence-electron chi connectivity index (χ2n) is 3.61. The fourth-order valence-electron chi connectivity index (χ4n) is 1.33. The Bertz CT molecular complexity index is 589. The summed E-state index contributed by atoms with van der Waals surface area (Å²) in [6, 6.07) is 1.13. The van der Waals surface area contributed by atoms with Crippen LogP contribution in [0.25, 0.3) is 0 Å². The van der Waals surface area contributed by atoms with Crippen molar-refractivity contribution in [3.63, 3.8) is 0 Å². The first-order valence-corrected chi connectivity index (χ1v) is 6.81. The maximum atomic E-state index is 11.7. The number of carboxylic acid groups (broad SMARTS) is 1. The van der Waals surface area contributed by atoms with Gasteiger partial charge in [-0.3, -0.25) is 4.79 Å². The van der Waals surface area contributed by atoms with Crippen LogP contribution in [0, 0.1) is 0 Å². The summed E-state index contributed by atoms with van der Waals surface area (Å²) in [5.74, 6) is -1.95. The van der Waals surface area contributed by atoms with Gasteiger partial charge in [-0.25, -0.2) is 13.2 Å². The van der Waals surface area contributed by atoms with E-state index in [1.165, 1.54) is 17.8 Å². The highest BCUT2D eigenvalue weighted by Gasteiger charge is 2.21. The molecule has 8 nitrogen and oxygen atoms in total. The maximum absolute atomic E-state index is 11.7. The fraction of sp³-hybridized carbons (Fsp3) is 0.400. The van der Waals surface area contributed by atoms with E-state index in [9.17, 15) is 18.0 Å². The van der Waals surface area contributed by atoms with Crippen LogP contribution in [0.15, 0.2) is 17.2 Å². The monoisotopic (exact) mass is 290 g/mol. The molecular formula is C10H14N2O6S. The van der Waals surface area contributed by atoms with Gasteiger partial charge < -0.3 is 14.4 Å². The topological polar surface area (TPSA) is 115 Å². The maximum Gasteiger partial charge on any atom is 0.354 e. The second-order valence-corrected chi connectivity index (χ2v) is 5.38. The van der Waals surface area contributed by atoms with Gasteiger partial charge in [0.1, 0.15) is 17.1 Å². The molecule has 1 rings (SSSR count). The normalized spacial score (nSPS) is 11.3. The number of ether oxygens (including phenoxy) is 1. The Morgan fingerprint density at radius 2 is 2.11 bits per heavy atom. The summed E-state index contributed by atoms with van der Waals surface area (Å²) in [6.07, 6.45) is 1.20. The van der Waals surface area contributed by atoms with Gasteiger partial charge in [0.05, 0.1) is 6.61 Å². The third kappa shape index (κ3) is 3.80. The first-order valence-electron chi connectivity index (χ1n) is 5.33. The Morgan fingerprint density at radius 3 is 2.63 bits per heavy atom. The molecule has 0 atom stereocenters. The molecule has 1 aromatic heterocycles. The molecule has 0 bridgehead atoms. The molecule has 1 aromatic rings.